The molecule has 1 aliphatic heterocycles. The Kier molecular flexibility index (Phi) is 5.73. The Morgan fingerprint density at radius 2 is 1.85 bits per heavy atom. The van der Waals surface area contributed by atoms with Crippen molar-refractivity contribution in [1.82, 2.24) is 38.9 Å². The molecule has 198 valence electrons. The van der Waals surface area contributed by atoms with Gasteiger partial charge in [0.15, 0.2) is 5.82 Å². The molecule has 7 rings (SSSR count). The number of hydrogen-bond acceptors (Lipinski definition) is 8. The summed E-state index contributed by atoms with van der Waals surface area (Å²) >= 11 is 0. The quantitative estimate of drug-likeness (QED) is 0.333. The number of anilines is 1. The molecule has 39 heavy (non-hydrogen) atoms. The molecule has 0 bridgehead atoms. The van der Waals surface area contributed by atoms with Crippen LogP contribution in [0.5, 0.6) is 0 Å². The zero-order chi connectivity index (χ0) is 26.5. The third-order valence-electron chi connectivity index (χ3n) is 7.42. The fraction of sp³-hybridized carbons (Fsp3) is 0.357. The molecule has 1 aliphatic carbocycles. The molecule has 1 aromatic carbocycles. The van der Waals surface area contributed by atoms with Crippen LogP contribution in [0.4, 0.5) is 5.69 Å². The van der Waals surface area contributed by atoms with Crippen LogP contribution in [0.2, 0.25) is 0 Å². The lowest BCUT2D eigenvalue weighted by atomic mass is 10.1. The highest BCUT2D eigenvalue weighted by Crippen LogP contribution is 2.39. The Balaban J connectivity index is 1.35. The van der Waals surface area contributed by atoms with Crippen molar-refractivity contribution in [3.05, 3.63) is 71.6 Å². The Hall–Kier alpha value is -4.38. The molecule has 0 atom stereocenters. The fourth-order valence-electron chi connectivity index (χ4n) is 5.12. The van der Waals surface area contributed by atoms with Crippen molar-refractivity contribution in [3.63, 3.8) is 0 Å². The van der Waals surface area contributed by atoms with Gasteiger partial charge in [0.1, 0.15) is 24.2 Å². The second-order valence-corrected chi connectivity index (χ2v) is 10.4. The van der Waals surface area contributed by atoms with Crippen LogP contribution in [0.15, 0.2) is 60.3 Å². The number of benzene rings is 1. The normalized spacial score (nSPS) is 15.9. The number of rotatable bonds is 6. The van der Waals surface area contributed by atoms with Crippen LogP contribution >= 0.6 is 0 Å². The van der Waals surface area contributed by atoms with E-state index in [4.69, 9.17) is 14.7 Å². The molecule has 0 N–H and O–H groups in total. The van der Waals surface area contributed by atoms with Crippen molar-refractivity contribution in [1.29, 1.82) is 0 Å². The summed E-state index contributed by atoms with van der Waals surface area (Å²) in [6, 6.07) is 9.65. The summed E-state index contributed by atoms with van der Waals surface area (Å²) in [5.74, 6) is 1.66. The van der Waals surface area contributed by atoms with Crippen LogP contribution < -0.4 is 10.5 Å². The van der Waals surface area contributed by atoms with Gasteiger partial charge in [0.25, 0.3) is 5.56 Å². The van der Waals surface area contributed by atoms with Crippen LogP contribution in [0.3, 0.4) is 0 Å². The van der Waals surface area contributed by atoms with E-state index in [0.29, 0.717) is 47.4 Å². The first-order chi connectivity index (χ1) is 19.1. The Labute approximate surface area is 224 Å². The van der Waals surface area contributed by atoms with Crippen LogP contribution in [0.25, 0.3) is 33.9 Å². The van der Waals surface area contributed by atoms with E-state index >= 15 is 0 Å². The second-order valence-electron chi connectivity index (χ2n) is 10.4. The standard InChI is InChI=1S/C28H29N9O2/c1-18(2)36-17-31-33-27(36)21-4-3-5-26(32-21)37-16-30-22-13-25(34-8-10-39-11-9-34)24(12-20(22)28(37)38)35-14-23(29-15-35)19-6-7-19/h3-5,12-19H,6-11H2,1-2H3. The molecule has 1 saturated heterocycles. The van der Waals surface area contributed by atoms with E-state index in [0.717, 1.165) is 30.2 Å². The molecule has 0 radical (unpaired) electrons. The highest BCUT2D eigenvalue weighted by Gasteiger charge is 2.27. The van der Waals surface area contributed by atoms with Gasteiger partial charge in [0, 0.05) is 31.2 Å². The monoisotopic (exact) mass is 523 g/mol. The Morgan fingerprint density at radius 3 is 2.64 bits per heavy atom. The van der Waals surface area contributed by atoms with Crippen LogP contribution in [0.1, 0.15) is 44.3 Å². The number of pyridine rings is 1. The van der Waals surface area contributed by atoms with E-state index in [1.807, 2.05) is 39.7 Å². The minimum absolute atomic E-state index is 0.174. The van der Waals surface area contributed by atoms with E-state index in [2.05, 4.69) is 40.1 Å². The van der Waals surface area contributed by atoms with E-state index in [9.17, 15) is 4.79 Å². The Morgan fingerprint density at radius 1 is 1.00 bits per heavy atom. The highest BCUT2D eigenvalue weighted by atomic mass is 16.5. The van der Waals surface area contributed by atoms with E-state index < -0.39 is 0 Å². The van der Waals surface area contributed by atoms with E-state index in [1.165, 1.54) is 17.4 Å². The molecule has 2 aliphatic rings. The summed E-state index contributed by atoms with van der Waals surface area (Å²) < 4.78 is 11.1. The summed E-state index contributed by atoms with van der Waals surface area (Å²) in [6.45, 7) is 7.00. The molecule has 4 aromatic heterocycles. The summed E-state index contributed by atoms with van der Waals surface area (Å²) in [6.07, 6.45) is 9.54. The van der Waals surface area contributed by atoms with Gasteiger partial charge in [-0.25, -0.2) is 15.0 Å². The molecule has 2 fully saturated rings. The van der Waals surface area contributed by atoms with Crippen LogP contribution in [-0.4, -0.2) is 65.2 Å². The Bertz CT molecular complexity index is 1720. The number of imidazole rings is 1. The van der Waals surface area contributed by atoms with Crippen molar-refractivity contribution in [2.75, 3.05) is 31.2 Å². The number of fused-ring (bicyclic) bond motifs is 1. The summed E-state index contributed by atoms with van der Waals surface area (Å²) in [4.78, 5) is 30.3. The highest BCUT2D eigenvalue weighted by molar-refractivity contribution is 5.87. The first kappa shape index (κ1) is 23.7. The molecule has 0 spiro atoms. The SMILES string of the molecule is CC(C)n1cnnc1-c1cccc(-n2cnc3cc(N4CCOCC4)c(-n4cnc(C5CC5)c4)cc3c2=O)n1. The number of ether oxygens (including phenoxy) is 1. The predicted octanol–water partition coefficient (Wildman–Crippen LogP) is 3.52. The first-order valence-corrected chi connectivity index (χ1v) is 13.4. The maximum absolute atomic E-state index is 13.9. The lowest BCUT2D eigenvalue weighted by Crippen LogP contribution is -2.37. The van der Waals surface area contributed by atoms with Gasteiger partial charge in [-0.2, -0.15) is 0 Å². The van der Waals surface area contributed by atoms with E-state index in [1.54, 1.807) is 18.7 Å². The van der Waals surface area contributed by atoms with Gasteiger partial charge < -0.3 is 18.8 Å². The van der Waals surface area contributed by atoms with Crippen molar-refractivity contribution in [2.45, 2.75) is 38.6 Å². The predicted molar refractivity (Wildman–Crippen MR) is 147 cm³/mol. The molecule has 11 nitrogen and oxygen atoms in total. The van der Waals surface area contributed by atoms with Crippen molar-refractivity contribution >= 4 is 16.6 Å². The third-order valence-corrected chi connectivity index (χ3v) is 7.42. The molecular weight excluding hydrogens is 494 g/mol. The fourth-order valence-corrected chi connectivity index (χ4v) is 5.12. The summed E-state index contributed by atoms with van der Waals surface area (Å²) in [5, 5.41) is 8.83. The maximum Gasteiger partial charge on any atom is 0.267 e. The second kappa shape index (κ2) is 9.42. The van der Waals surface area contributed by atoms with E-state index in [-0.39, 0.29) is 11.6 Å². The third kappa shape index (κ3) is 4.28. The van der Waals surface area contributed by atoms with Crippen LogP contribution in [-0.2, 0) is 4.74 Å². The number of aromatic nitrogens is 8. The molecule has 1 saturated carbocycles. The average molecular weight is 524 g/mol. The lowest BCUT2D eigenvalue weighted by molar-refractivity contribution is 0.122. The average Bonchev–Trinajstić information content (AvgIpc) is 3.48. The number of morpholine rings is 1. The van der Waals surface area contributed by atoms with Gasteiger partial charge >= 0.3 is 0 Å². The topological polar surface area (TPSA) is 109 Å². The molecule has 0 unspecified atom stereocenters. The van der Waals surface area contributed by atoms with Crippen molar-refractivity contribution in [3.8, 4) is 23.0 Å². The molecule has 5 aromatic rings. The van der Waals surface area contributed by atoms with Gasteiger partial charge in [0.05, 0.1) is 47.5 Å². The minimum atomic E-state index is -0.188. The summed E-state index contributed by atoms with van der Waals surface area (Å²) in [7, 11) is 0. The number of hydrogen-bond donors (Lipinski definition) is 0. The zero-order valence-electron chi connectivity index (χ0n) is 21.9. The minimum Gasteiger partial charge on any atom is -0.378 e. The van der Waals surface area contributed by atoms with Gasteiger partial charge in [-0.15, -0.1) is 10.2 Å². The molecule has 5 heterocycles. The van der Waals surface area contributed by atoms with Gasteiger partial charge in [-0.3, -0.25) is 9.36 Å². The van der Waals surface area contributed by atoms with Crippen LogP contribution in [0, 0.1) is 0 Å². The summed E-state index contributed by atoms with van der Waals surface area (Å²) in [5.41, 5.74) is 4.12. The zero-order valence-corrected chi connectivity index (χ0v) is 21.9. The number of nitrogens with zero attached hydrogens (tertiary/aromatic N) is 9. The molecule has 11 heteroatoms. The maximum atomic E-state index is 13.9. The lowest BCUT2D eigenvalue weighted by Gasteiger charge is -2.30. The molecule has 0 amide bonds. The van der Waals surface area contributed by atoms with Gasteiger partial charge in [-0.1, -0.05) is 6.07 Å². The molecular formula is C28H29N9O2. The smallest absolute Gasteiger partial charge is 0.267 e. The largest absolute Gasteiger partial charge is 0.378 e. The first-order valence-electron chi connectivity index (χ1n) is 13.4. The van der Waals surface area contributed by atoms with Crippen molar-refractivity contribution in [2.24, 2.45) is 0 Å². The van der Waals surface area contributed by atoms with Crippen molar-refractivity contribution < 1.29 is 4.74 Å². The van der Waals surface area contributed by atoms with Gasteiger partial charge in [0.2, 0.25) is 0 Å². The van der Waals surface area contributed by atoms with Gasteiger partial charge in [-0.05, 0) is 51.0 Å².